The molecule has 150 valence electrons. The van der Waals surface area contributed by atoms with Gasteiger partial charge in [-0.2, -0.15) is 23.3 Å². The number of benzene rings is 1. The lowest BCUT2D eigenvalue weighted by molar-refractivity contribution is -0.148. The number of amides is 1. The lowest BCUT2D eigenvalue weighted by Gasteiger charge is -2.22. The smallest absolute Gasteiger partial charge is 0.424 e. The number of hydrogen-bond acceptors (Lipinski definition) is 4. The van der Waals surface area contributed by atoms with Crippen LogP contribution in [0.15, 0.2) is 40.5 Å². The summed E-state index contributed by atoms with van der Waals surface area (Å²) in [6.07, 6.45) is 0.794. The molecule has 0 N–H and O–H groups in total. The predicted octanol–water partition coefficient (Wildman–Crippen LogP) is 4.49. The number of rotatable bonds is 3. The van der Waals surface area contributed by atoms with Crippen LogP contribution in [-0.2, 0) is 14.3 Å². The average Bonchev–Trinajstić information content (AvgIpc) is 2.96. The van der Waals surface area contributed by atoms with Crippen molar-refractivity contribution in [1.82, 2.24) is 0 Å². The Morgan fingerprint density at radius 2 is 1.75 bits per heavy atom. The Morgan fingerprint density at radius 1 is 1.14 bits per heavy atom. The lowest BCUT2D eigenvalue weighted by atomic mass is 9.84. The molecular formula is C20H21F3N2O3. The number of hydrazone groups is 1. The molecule has 28 heavy (non-hydrogen) atoms. The van der Waals surface area contributed by atoms with Gasteiger partial charge in [0.15, 0.2) is 5.57 Å². The third kappa shape index (κ3) is 3.81. The maximum Gasteiger partial charge on any atom is 0.424 e. The maximum atomic E-state index is 13.4. The molecule has 2 aliphatic rings. The van der Waals surface area contributed by atoms with Crippen LogP contribution in [0.4, 0.5) is 18.9 Å². The minimum absolute atomic E-state index is 0.181. The zero-order chi connectivity index (χ0) is 20.5. The van der Waals surface area contributed by atoms with Crippen molar-refractivity contribution < 1.29 is 27.5 Å². The summed E-state index contributed by atoms with van der Waals surface area (Å²) in [7, 11) is 0.836. The fourth-order valence-corrected chi connectivity index (χ4v) is 3.75. The number of methoxy groups -OCH3 is 1. The largest absolute Gasteiger partial charge is 0.465 e. The number of nitrogens with zero attached hydrogens (tertiary/aromatic N) is 2. The molecule has 1 aliphatic carbocycles. The fraction of sp³-hybridized carbons (Fsp3) is 0.450. The van der Waals surface area contributed by atoms with Crippen LogP contribution in [0.2, 0.25) is 0 Å². The summed E-state index contributed by atoms with van der Waals surface area (Å²) in [4.78, 5) is 24.3. The highest BCUT2D eigenvalue weighted by molar-refractivity contribution is 6.32. The third-order valence-corrected chi connectivity index (χ3v) is 5.16. The fourth-order valence-electron chi connectivity index (χ4n) is 3.75. The van der Waals surface area contributed by atoms with Gasteiger partial charge in [-0.3, -0.25) is 4.79 Å². The number of alkyl halides is 3. The van der Waals surface area contributed by atoms with Gasteiger partial charge < -0.3 is 4.74 Å². The van der Waals surface area contributed by atoms with Crippen LogP contribution in [0.3, 0.4) is 0 Å². The standard InChI is InChI=1S/C20H21F3N2O3/c1-12-16(17(19(27)28-2)20(21,22)23)18(26)25(24-12)15-10-8-14(9-11-15)13-6-4-3-5-7-13/h8-11,13H,3-7H2,1-2H3/b17-16-. The van der Waals surface area contributed by atoms with E-state index < -0.39 is 29.2 Å². The second-order valence-corrected chi connectivity index (χ2v) is 6.97. The van der Waals surface area contributed by atoms with E-state index in [4.69, 9.17) is 0 Å². The molecule has 3 rings (SSSR count). The minimum Gasteiger partial charge on any atom is -0.465 e. The first-order valence-corrected chi connectivity index (χ1v) is 9.13. The Labute approximate surface area is 160 Å². The summed E-state index contributed by atoms with van der Waals surface area (Å²) < 4.78 is 44.3. The van der Waals surface area contributed by atoms with Crippen molar-refractivity contribution >= 4 is 23.3 Å². The summed E-state index contributed by atoms with van der Waals surface area (Å²) in [5.74, 6) is -2.14. The second kappa shape index (κ2) is 7.77. The van der Waals surface area contributed by atoms with Gasteiger partial charge in [0.25, 0.3) is 5.91 Å². The maximum absolute atomic E-state index is 13.4. The monoisotopic (exact) mass is 394 g/mol. The van der Waals surface area contributed by atoms with Gasteiger partial charge in [-0.15, -0.1) is 0 Å². The molecule has 0 aromatic heterocycles. The first-order chi connectivity index (χ1) is 13.2. The van der Waals surface area contributed by atoms with E-state index >= 15 is 0 Å². The Morgan fingerprint density at radius 3 is 2.29 bits per heavy atom. The van der Waals surface area contributed by atoms with Crippen LogP contribution in [-0.4, -0.2) is 30.9 Å². The normalized spacial score (nSPS) is 20.2. The summed E-state index contributed by atoms with van der Waals surface area (Å²) >= 11 is 0. The van der Waals surface area contributed by atoms with Crippen molar-refractivity contribution in [3.63, 3.8) is 0 Å². The summed E-state index contributed by atoms with van der Waals surface area (Å²) in [5, 5.41) is 4.84. The first-order valence-electron chi connectivity index (χ1n) is 9.13. The quantitative estimate of drug-likeness (QED) is 0.561. The first kappa shape index (κ1) is 20.1. The van der Waals surface area contributed by atoms with Gasteiger partial charge in [0.05, 0.1) is 24.1 Å². The molecule has 5 nitrogen and oxygen atoms in total. The zero-order valence-electron chi connectivity index (χ0n) is 15.7. The van der Waals surface area contributed by atoms with Crippen LogP contribution < -0.4 is 5.01 Å². The van der Waals surface area contributed by atoms with Gasteiger partial charge in [-0.05, 0) is 43.4 Å². The third-order valence-electron chi connectivity index (χ3n) is 5.16. The molecule has 8 heteroatoms. The molecule has 0 saturated heterocycles. The van der Waals surface area contributed by atoms with E-state index in [-0.39, 0.29) is 5.71 Å². The molecule has 0 radical (unpaired) electrons. The summed E-state index contributed by atoms with van der Waals surface area (Å²) in [6, 6.07) is 7.12. The number of halogens is 3. The molecule has 1 aromatic carbocycles. The van der Waals surface area contributed by atoms with Crippen LogP contribution >= 0.6 is 0 Å². The molecule has 1 fully saturated rings. The van der Waals surface area contributed by atoms with Crippen LogP contribution in [0, 0.1) is 0 Å². The SMILES string of the molecule is COC(=O)/C(=C1/C(=O)N(c2ccc(C3CCCCC3)cc2)N=C1C)C(F)(F)F. The van der Waals surface area contributed by atoms with Crippen molar-refractivity contribution in [3.05, 3.63) is 41.0 Å². The topological polar surface area (TPSA) is 59.0 Å². The molecule has 1 aromatic rings. The zero-order valence-corrected chi connectivity index (χ0v) is 15.7. The highest BCUT2D eigenvalue weighted by Gasteiger charge is 2.47. The van der Waals surface area contributed by atoms with E-state index in [2.05, 4.69) is 9.84 Å². The minimum atomic E-state index is -5.03. The number of carbonyl (C=O) groups excluding carboxylic acids is 2. The molecule has 0 atom stereocenters. The molecule has 1 aliphatic heterocycles. The van der Waals surface area contributed by atoms with Gasteiger partial charge in [0.2, 0.25) is 0 Å². The van der Waals surface area contributed by atoms with Crippen LogP contribution in [0.25, 0.3) is 0 Å². The predicted molar refractivity (Wildman–Crippen MR) is 98.0 cm³/mol. The number of ether oxygens (including phenoxy) is 1. The van der Waals surface area contributed by atoms with Crippen molar-refractivity contribution in [2.45, 2.75) is 51.1 Å². The van der Waals surface area contributed by atoms with E-state index in [1.54, 1.807) is 12.1 Å². The summed E-state index contributed by atoms with van der Waals surface area (Å²) in [6.45, 7) is 1.26. The van der Waals surface area contributed by atoms with Gasteiger partial charge in [-0.1, -0.05) is 31.4 Å². The number of hydrogen-bond donors (Lipinski definition) is 0. The van der Waals surface area contributed by atoms with Gasteiger partial charge in [-0.25, -0.2) is 4.79 Å². The number of esters is 1. The van der Waals surface area contributed by atoms with Gasteiger partial charge in [0, 0.05) is 0 Å². The summed E-state index contributed by atoms with van der Waals surface area (Å²) in [5.41, 5.74) is -1.10. The molecular weight excluding hydrogens is 373 g/mol. The molecule has 0 bridgehead atoms. The number of anilines is 1. The van der Waals surface area contributed by atoms with Crippen LogP contribution in [0.5, 0.6) is 0 Å². The van der Waals surface area contributed by atoms with Crippen molar-refractivity contribution in [1.29, 1.82) is 0 Å². The Hall–Kier alpha value is -2.64. The highest BCUT2D eigenvalue weighted by Crippen LogP contribution is 2.36. The highest BCUT2D eigenvalue weighted by atomic mass is 19.4. The lowest BCUT2D eigenvalue weighted by Crippen LogP contribution is -2.29. The van der Waals surface area contributed by atoms with E-state index in [1.807, 2.05) is 12.1 Å². The molecule has 1 amide bonds. The van der Waals surface area contributed by atoms with Crippen molar-refractivity contribution in [2.24, 2.45) is 5.10 Å². The molecule has 0 spiro atoms. The van der Waals surface area contributed by atoms with E-state index in [0.717, 1.165) is 30.5 Å². The van der Waals surface area contributed by atoms with E-state index in [9.17, 15) is 22.8 Å². The molecule has 1 saturated carbocycles. The molecule has 0 unspecified atom stereocenters. The Bertz CT molecular complexity index is 835. The Balaban J connectivity index is 1.92. The van der Waals surface area contributed by atoms with Crippen molar-refractivity contribution in [2.75, 3.05) is 12.1 Å². The van der Waals surface area contributed by atoms with Gasteiger partial charge in [0.1, 0.15) is 0 Å². The Kier molecular flexibility index (Phi) is 5.58. The van der Waals surface area contributed by atoms with E-state index in [0.29, 0.717) is 11.6 Å². The van der Waals surface area contributed by atoms with Crippen LogP contribution in [0.1, 0.15) is 50.5 Å². The second-order valence-electron chi connectivity index (χ2n) is 6.97. The van der Waals surface area contributed by atoms with Gasteiger partial charge >= 0.3 is 12.1 Å². The molecule has 1 heterocycles. The number of carbonyl (C=O) groups is 2. The van der Waals surface area contributed by atoms with E-state index in [1.165, 1.54) is 26.2 Å². The van der Waals surface area contributed by atoms with Crippen molar-refractivity contribution in [3.8, 4) is 0 Å². The average molecular weight is 394 g/mol.